The van der Waals surface area contributed by atoms with Crippen LogP contribution in [0.1, 0.15) is 25.0 Å². The van der Waals surface area contributed by atoms with Gasteiger partial charge in [-0.3, -0.25) is 0 Å². The summed E-state index contributed by atoms with van der Waals surface area (Å²) in [6.07, 6.45) is 0. The van der Waals surface area contributed by atoms with Gasteiger partial charge in [0.15, 0.2) is 17.5 Å². The summed E-state index contributed by atoms with van der Waals surface area (Å²) in [5.41, 5.74) is 15.0. The highest BCUT2D eigenvalue weighted by Gasteiger charge is 2.35. The molecule has 8 aromatic carbocycles. The van der Waals surface area contributed by atoms with E-state index >= 15 is 0 Å². The van der Waals surface area contributed by atoms with E-state index < -0.39 is 0 Å². The lowest BCUT2D eigenvalue weighted by Crippen LogP contribution is -2.15. The quantitative estimate of drug-likeness (QED) is 0.175. The highest BCUT2D eigenvalue weighted by atomic mass is 16.3. The van der Waals surface area contributed by atoms with Crippen LogP contribution in [0.15, 0.2) is 185 Å². The van der Waals surface area contributed by atoms with Crippen LogP contribution in [0.4, 0.5) is 0 Å². The molecule has 1 aliphatic rings. The Bertz CT molecular complexity index is 3350. The highest BCUT2D eigenvalue weighted by molar-refractivity contribution is 6.11. The third kappa shape index (κ3) is 5.21. The second-order valence-corrected chi connectivity index (χ2v) is 16.0. The Hall–Kier alpha value is -7.63. The zero-order valence-electron chi connectivity index (χ0n) is 32.4. The van der Waals surface area contributed by atoms with Gasteiger partial charge in [-0.05, 0) is 69.8 Å². The average Bonchev–Trinajstić information content (AvgIpc) is 3.94. The first kappa shape index (κ1) is 33.5. The van der Waals surface area contributed by atoms with Gasteiger partial charge in [-0.1, -0.05) is 153 Å². The Morgan fingerprint density at radius 3 is 1.46 bits per heavy atom. The number of benzene rings is 8. The number of para-hydroxylation sites is 4. The third-order valence-electron chi connectivity index (χ3n) is 12.1. The number of rotatable bonds is 5. The van der Waals surface area contributed by atoms with Crippen molar-refractivity contribution in [3.05, 3.63) is 187 Å². The van der Waals surface area contributed by atoms with Crippen LogP contribution >= 0.6 is 0 Å². The molecule has 12 rings (SSSR count). The van der Waals surface area contributed by atoms with Crippen LogP contribution in [0.3, 0.4) is 0 Å². The van der Waals surface area contributed by atoms with Crippen LogP contribution in [0.5, 0.6) is 0 Å². The molecule has 5 heteroatoms. The first-order chi connectivity index (χ1) is 29.0. The molecule has 0 atom stereocenters. The maximum Gasteiger partial charge on any atom is 0.164 e. The number of hydrogen-bond donors (Lipinski definition) is 0. The smallest absolute Gasteiger partial charge is 0.164 e. The molecule has 3 aromatic heterocycles. The fraction of sp³-hybridized carbons (Fsp3) is 0.0556. The van der Waals surface area contributed by atoms with Crippen molar-refractivity contribution in [3.8, 4) is 67.5 Å². The van der Waals surface area contributed by atoms with Crippen molar-refractivity contribution in [2.24, 2.45) is 0 Å². The Balaban J connectivity index is 1.11. The van der Waals surface area contributed by atoms with Gasteiger partial charge in [0.1, 0.15) is 22.3 Å². The number of nitrogens with zero attached hydrogens (tertiary/aromatic N) is 3. The summed E-state index contributed by atoms with van der Waals surface area (Å²) in [7, 11) is 0. The zero-order valence-corrected chi connectivity index (χ0v) is 32.4. The van der Waals surface area contributed by atoms with E-state index in [-0.39, 0.29) is 5.41 Å². The maximum atomic E-state index is 6.61. The molecule has 0 bridgehead atoms. The van der Waals surface area contributed by atoms with Crippen LogP contribution in [-0.2, 0) is 5.41 Å². The number of hydrogen-bond acceptors (Lipinski definition) is 5. The van der Waals surface area contributed by atoms with Crippen LogP contribution in [-0.4, -0.2) is 15.0 Å². The molecule has 0 saturated carbocycles. The minimum absolute atomic E-state index is 0.168. The van der Waals surface area contributed by atoms with Crippen LogP contribution < -0.4 is 0 Å². The van der Waals surface area contributed by atoms with E-state index in [1.807, 2.05) is 42.5 Å². The van der Waals surface area contributed by atoms with Gasteiger partial charge in [0.05, 0.1) is 0 Å². The Kier molecular flexibility index (Phi) is 7.20. The lowest BCUT2D eigenvalue weighted by atomic mass is 9.82. The summed E-state index contributed by atoms with van der Waals surface area (Å²) >= 11 is 0. The van der Waals surface area contributed by atoms with Crippen molar-refractivity contribution in [1.82, 2.24) is 15.0 Å². The monoisotopic (exact) mass is 757 g/mol. The van der Waals surface area contributed by atoms with Gasteiger partial charge in [0.2, 0.25) is 0 Å². The second-order valence-electron chi connectivity index (χ2n) is 16.0. The molecule has 59 heavy (non-hydrogen) atoms. The molecule has 0 amide bonds. The van der Waals surface area contributed by atoms with E-state index in [1.165, 1.54) is 22.3 Å². The molecule has 1 aliphatic carbocycles. The summed E-state index contributed by atoms with van der Waals surface area (Å²) < 4.78 is 13.2. The molecule has 0 spiro atoms. The van der Waals surface area contributed by atoms with Gasteiger partial charge in [0, 0.05) is 54.8 Å². The van der Waals surface area contributed by atoms with Gasteiger partial charge in [-0.25, -0.2) is 15.0 Å². The first-order valence-corrected chi connectivity index (χ1v) is 20.0. The van der Waals surface area contributed by atoms with Crippen LogP contribution in [0, 0.1) is 0 Å². The topological polar surface area (TPSA) is 65.0 Å². The van der Waals surface area contributed by atoms with Gasteiger partial charge in [0.25, 0.3) is 0 Å². The Morgan fingerprint density at radius 2 is 0.814 bits per heavy atom. The summed E-state index contributed by atoms with van der Waals surface area (Å²) in [6.45, 7) is 4.60. The highest BCUT2D eigenvalue weighted by Crippen LogP contribution is 2.49. The molecule has 0 unspecified atom stereocenters. The fourth-order valence-corrected chi connectivity index (χ4v) is 9.21. The van der Waals surface area contributed by atoms with E-state index in [2.05, 4.69) is 147 Å². The molecule has 0 saturated heterocycles. The minimum Gasteiger partial charge on any atom is -0.455 e. The standard InChI is InChI=1S/C54H35N3O2/c1-54(2)45-23-9-6-16-39(45)40-27-26-33(31-46(40)54)52-55-51(32-14-4-3-5-15-32)56-53(57-52)36-29-34(37-19-12-21-43-41-17-7-10-24-47(41)58-49(37)43)28-35(30-36)38-20-13-22-44-42-18-8-11-25-48(42)59-50(38)44/h3-31H,1-2H3. The van der Waals surface area contributed by atoms with E-state index in [0.717, 1.165) is 82.8 Å². The van der Waals surface area contributed by atoms with Crippen molar-refractivity contribution < 1.29 is 8.83 Å². The molecule has 0 N–H and O–H groups in total. The molecule has 5 nitrogen and oxygen atoms in total. The predicted molar refractivity (Wildman–Crippen MR) is 239 cm³/mol. The lowest BCUT2D eigenvalue weighted by molar-refractivity contribution is 0.660. The summed E-state index contributed by atoms with van der Waals surface area (Å²) in [4.78, 5) is 15.7. The van der Waals surface area contributed by atoms with Crippen molar-refractivity contribution in [2.75, 3.05) is 0 Å². The van der Waals surface area contributed by atoms with Crippen molar-refractivity contribution >= 4 is 43.9 Å². The Labute approximate surface area is 340 Å². The normalized spacial score (nSPS) is 13.1. The van der Waals surface area contributed by atoms with E-state index in [0.29, 0.717) is 17.5 Å². The third-order valence-corrected chi connectivity index (χ3v) is 12.1. The van der Waals surface area contributed by atoms with Crippen LogP contribution in [0.25, 0.3) is 111 Å². The maximum absolute atomic E-state index is 6.61. The van der Waals surface area contributed by atoms with Gasteiger partial charge in [-0.2, -0.15) is 0 Å². The summed E-state index contributed by atoms with van der Waals surface area (Å²) in [5, 5.41) is 4.31. The summed E-state index contributed by atoms with van der Waals surface area (Å²) in [5.74, 6) is 1.81. The molecular weight excluding hydrogens is 723 g/mol. The van der Waals surface area contributed by atoms with E-state index in [4.69, 9.17) is 23.8 Å². The predicted octanol–water partition coefficient (Wildman–Crippen LogP) is 14.3. The van der Waals surface area contributed by atoms with Gasteiger partial charge < -0.3 is 8.83 Å². The second kappa shape index (κ2) is 12.7. The average molecular weight is 758 g/mol. The van der Waals surface area contributed by atoms with Crippen LogP contribution in [0.2, 0.25) is 0 Å². The van der Waals surface area contributed by atoms with Crippen molar-refractivity contribution in [3.63, 3.8) is 0 Å². The van der Waals surface area contributed by atoms with E-state index in [1.54, 1.807) is 0 Å². The number of fused-ring (bicyclic) bond motifs is 9. The first-order valence-electron chi connectivity index (χ1n) is 20.0. The molecule has 0 fully saturated rings. The molecule has 0 aliphatic heterocycles. The largest absolute Gasteiger partial charge is 0.455 e. The summed E-state index contributed by atoms with van der Waals surface area (Å²) in [6, 6.07) is 61.3. The molecule has 3 heterocycles. The Morgan fingerprint density at radius 1 is 0.339 bits per heavy atom. The van der Waals surface area contributed by atoms with Crippen molar-refractivity contribution in [1.29, 1.82) is 0 Å². The minimum atomic E-state index is -0.168. The molecule has 11 aromatic rings. The number of aromatic nitrogens is 3. The zero-order chi connectivity index (χ0) is 39.2. The molecule has 0 radical (unpaired) electrons. The van der Waals surface area contributed by atoms with Crippen molar-refractivity contribution in [2.45, 2.75) is 19.3 Å². The van der Waals surface area contributed by atoms with Gasteiger partial charge >= 0.3 is 0 Å². The fourth-order valence-electron chi connectivity index (χ4n) is 9.21. The molecular formula is C54H35N3O2. The molecule has 278 valence electrons. The SMILES string of the molecule is CC1(C)c2ccccc2-c2ccc(-c3nc(-c4ccccc4)nc(-c4cc(-c5cccc6c5oc5ccccc56)cc(-c5cccc6c5oc5ccccc56)c4)n3)cc21. The van der Waals surface area contributed by atoms with E-state index in [9.17, 15) is 0 Å². The van der Waals surface area contributed by atoms with Gasteiger partial charge in [-0.15, -0.1) is 0 Å². The number of furan rings is 2. The lowest BCUT2D eigenvalue weighted by Gasteiger charge is -2.21.